The van der Waals surface area contributed by atoms with Gasteiger partial charge >= 0.3 is 0 Å². The summed E-state index contributed by atoms with van der Waals surface area (Å²) < 4.78 is 10.9. The van der Waals surface area contributed by atoms with Crippen LogP contribution in [0.5, 0.6) is 11.5 Å². The molecule has 0 fully saturated rings. The van der Waals surface area contributed by atoms with Crippen LogP contribution in [-0.2, 0) is 6.54 Å². The molecule has 114 valence electrons. The molecule has 0 atom stereocenters. The average Bonchev–Trinajstić information content (AvgIpc) is 2.96. The van der Waals surface area contributed by atoms with Gasteiger partial charge in [0.1, 0.15) is 0 Å². The van der Waals surface area contributed by atoms with Crippen molar-refractivity contribution < 1.29 is 9.47 Å². The third kappa shape index (κ3) is 2.98. The molecule has 3 rings (SSSR count). The molecule has 0 unspecified atom stereocenters. The minimum Gasteiger partial charge on any atom is -0.493 e. The van der Waals surface area contributed by atoms with Crippen molar-refractivity contribution >= 4 is 17.0 Å². The van der Waals surface area contributed by atoms with Gasteiger partial charge in [-0.05, 0) is 36.8 Å². The minimum absolute atomic E-state index is 0.608. The normalized spacial score (nSPS) is 10.6. The quantitative estimate of drug-likeness (QED) is 0.730. The molecule has 1 heterocycles. The van der Waals surface area contributed by atoms with Crippen LogP contribution in [0.3, 0.4) is 0 Å². The van der Waals surface area contributed by atoms with Gasteiger partial charge in [-0.25, -0.2) is 4.98 Å². The van der Waals surface area contributed by atoms with E-state index in [0.717, 1.165) is 34.0 Å². The Kier molecular flexibility index (Phi) is 4.14. The summed E-state index contributed by atoms with van der Waals surface area (Å²) in [6, 6.07) is 13.9. The van der Waals surface area contributed by atoms with Gasteiger partial charge in [0.25, 0.3) is 0 Å². The van der Waals surface area contributed by atoms with Crippen molar-refractivity contribution in [3.8, 4) is 11.5 Å². The Hall–Kier alpha value is -2.69. The van der Waals surface area contributed by atoms with Crippen LogP contribution in [0.1, 0.15) is 12.5 Å². The Morgan fingerprint density at radius 3 is 2.77 bits per heavy atom. The molecule has 3 aromatic rings. The number of aromatic amines is 1. The Balaban J connectivity index is 1.74. The van der Waals surface area contributed by atoms with Crippen LogP contribution in [0, 0.1) is 0 Å². The largest absolute Gasteiger partial charge is 0.493 e. The summed E-state index contributed by atoms with van der Waals surface area (Å²) in [6.07, 6.45) is 0. The van der Waals surface area contributed by atoms with E-state index < -0.39 is 0 Å². The van der Waals surface area contributed by atoms with E-state index >= 15 is 0 Å². The second-order valence-electron chi connectivity index (χ2n) is 4.87. The molecule has 5 nitrogen and oxygen atoms in total. The van der Waals surface area contributed by atoms with Crippen LogP contribution in [0.4, 0.5) is 5.95 Å². The van der Waals surface area contributed by atoms with Crippen LogP contribution in [0.25, 0.3) is 11.0 Å². The van der Waals surface area contributed by atoms with Crippen molar-refractivity contribution in [2.24, 2.45) is 0 Å². The fourth-order valence-electron chi connectivity index (χ4n) is 2.32. The highest BCUT2D eigenvalue weighted by Gasteiger charge is 2.06. The number of para-hydroxylation sites is 2. The number of ether oxygens (including phenoxy) is 2. The number of nitrogens with zero attached hydrogens (tertiary/aromatic N) is 1. The van der Waals surface area contributed by atoms with Crippen molar-refractivity contribution in [3.05, 3.63) is 48.0 Å². The topological polar surface area (TPSA) is 59.2 Å². The summed E-state index contributed by atoms with van der Waals surface area (Å²) >= 11 is 0. The molecule has 0 radical (unpaired) electrons. The molecule has 0 saturated carbocycles. The fourth-order valence-corrected chi connectivity index (χ4v) is 2.32. The van der Waals surface area contributed by atoms with Crippen molar-refractivity contribution in [2.45, 2.75) is 13.5 Å². The van der Waals surface area contributed by atoms with Gasteiger partial charge in [-0.1, -0.05) is 18.2 Å². The van der Waals surface area contributed by atoms with Gasteiger partial charge in [-0.3, -0.25) is 0 Å². The lowest BCUT2D eigenvalue weighted by atomic mass is 10.2. The molecule has 5 heteroatoms. The second-order valence-corrected chi connectivity index (χ2v) is 4.87. The maximum atomic E-state index is 5.59. The predicted molar refractivity (Wildman–Crippen MR) is 87.6 cm³/mol. The molecule has 0 spiro atoms. The lowest BCUT2D eigenvalue weighted by Crippen LogP contribution is -2.02. The van der Waals surface area contributed by atoms with E-state index in [0.29, 0.717) is 13.2 Å². The molecule has 0 amide bonds. The summed E-state index contributed by atoms with van der Waals surface area (Å²) in [5, 5.41) is 3.29. The summed E-state index contributed by atoms with van der Waals surface area (Å²) in [6.45, 7) is 3.22. The number of anilines is 1. The Morgan fingerprint density at radius 1 is 1.14 bits per heavy atom. The van der Waals surface area contributed by atoms with Crippen LogP contribution in [-0.4, -0.2) is 23.7 Å². The standard InChI is InChI=1S/C17H19N3O2/c1-3-22-16-10-12(8-9-15(16)21-2)11-18-17-19-13-6-4-5-7-14(13)20-17/h4-10H,3,11H2,1-2H3,(H2,18,19,20). The highest BCUT2D eigenvalue weighted by atomic mass is 16.5. The number of rotatable bonds is 6. The summed E-state index contributed by atoms with van der Waals surface area (Å²) in [7, 11) is 1.64. The first-order chi connectivity index (χ1) is 10.8. The number of benzene rings is 2. The minimum atomic E-state index is 0.608. The first-order valence-corrected chi connectivity index (χ1v) is 7.28. The summed E-state index contributed by atoms with van der Waals surface area (Å²) in [5.74, 6) is 2.26. The zero-order chi connectivity index (χ0) is 15.4. The predicted octanol–water partition coefficient (Wildman–Crippen LogP) is 3.58. The van der Waals surface area contributed by atoms with Gasteiger partial charge in [0.05, 0.1) is 24.8 Å². The zero-order valence-electron chi connectivity index (χ0n) is 12.7. The van der Waals surface area contributed by atoms with Gasteiger partial charge in [-0.15, -0.1) is 0 Å². The number of hydrogen-bond acceptors (Lipinski definition) is 4. The maximum Gasteiger partial charge on any atom is 0.201 e. The second kappa shape index (κ2) is 6.39. The third-order valence-corrected chi connectivity index (χ3v) is 3.38. The molecule has 0 saturated heterocycles. The van der Waals surface area contributed by atoms with Crippen molar-refractivity contribution in [3.63, 3.8) is 0 Å². The van der Waals surface area contributed by atoms with Gasteiger partial charge < -0.3 is 19.8 Å². The molecular formula is C17H19N3O2. The van der Waals surface area contributed by atoms with E-state index in [2.05, 4.69) is 15.3 Å². The third-order valence-electron chi connectivity index (χ3n) is 3.38. The highest BCUT2D eigenvalue weighted by Crippen LogP contribution is 2.28. The average molecular weight is 297 g/mol. The van der Waals surface area contributed by atoms with E-state index in [1.807, 2.05) is 49.4 Å². The van der Waals surface area contributed by atoms with Crippen LogP contribution >= 0.6 is 0 Å². The fraction of sp³-hybridized carbons (Fsp3) is 0.235. The number of aromatic nitrogens is 2. The number of H-pyrrole nitrogens is 1. The van der Waals surface area contributed by atoms with Gasteiger partial charge in [0, 0.05) is 6.54 Å². The smallest absolute Gasteiger partial charge is 0.201 e. The van der Waals surface area contributed by atoms with Gasteiger partial charge in [0.15, 0.2) is 11.5 Å². The van der Waals surface area contributed by atoms with E-state index in [9.17, 15) is 0 Å². The Morgan fingerprint density at radius 2 is 2.00 bits per heavy atom. The van der Waals surface area contributed by atoms with Crippen molar-refractivity contribution in [1.82, 2.24) is 9.97 Å². The molecule has 0 aliphatic rings. The van der Waals surface area contributed by atoms with E-state index in [4.69, 9.17) is 9.47 Å². The van der Waals surface area contributed by atoms with Crippen LogP contribution in [0.15, 0.2) is 42.5 Å². The summed E-state index contributed by atoms with van der Waals surface area (Å²) in [5.41, 5.74) is 3.08. The number of imidazole rings is 1. The molecule has 0 aliphatic carbocycles. The first-order valence-electron chi connectivity index (χ1n) is 7.28. The number of hydrogen-bond donors (Lipinski definition) is 2. The van der Waals surface area contributed by atoms with E-state index in [-0.39, 0.29) is 0 Å². The molecular weight excluding hydrogens is 278 g/mol. The number of fused-ring (bicyclic) bond motifs is 1. The lowest BCUT2D eigenvalue weighted by Gasteiger charge is -2.11. The maximum absolute atomic E-state index is 5.59. The highest BCUT2D eigenvalue weighted by molar-refractivity contribution is 5.77. The molecule has 1 aromatic heterocycles. The van der Waals surface area contributed by atoms with Crippen molar-refractivity contribution in [1.29, 1.82) is 0 Å². The molecule has 2 aromatic carbocycles. The number of nitrogens with one attached hydrogen (secondary N) is 2. The molecule has 2 N–H and O–H groups in total. The Labute approximate surface area is 129 Å². The number of methoxy groups -OCH3 is 1. The molecule has 0 bridgehead atoms. The van der Waals surface area contributed by atoms with E-state index in [1.165, 1.54) is 0 Å². The Bertz CT molecular complexity index is 734. The van der Waals surface area contributed by atoms with E-state index in [1.54, 1.807) is 7.11 Å². The molecule has 0 aliphatic heterocycles. The first kappa shape index (κ1) is 14.3. The zero-order valence-corrected chi connectivity index (χ0v) is 12.7. The SMILES string of the molecule is CCOc1cc(CNc2nc3ccccc3[nH]2)ccc1OC. The lowest BCUT2D eigenvalue weighted by molar-refractivity contribution is 0.310. The summed E-state index contributed by atoms with van der Waals surface area (Å²) in [4.78, 5) is 7.75. The monoisotopic (exact) mass is 297 g/mol. The van der Waals surface area contributed by atoms with Crippen LogP contribution < -0.4 is 14.8 Å². The molecule has 22 heavy (non-hydrogen) atoms. The van der Waals surface area contributed by atoms with Gasteiger partial charge in [-0.2, -0.15) is 0 Å². The van der Waals surface area contributed by atoms with Gasteiger partial charge in [0.2, 0.25) is 5.95 Å². The van der Waals surface area contributed by atoms with Crippen molar-refractivity contribution in [2.75, 3.05) is 19.0 Å². The van der Waals surface area contributed by atoms with Crippen LogP contribution in [0.2, 0.25) is 0 Å².